The highest BCUT2D eigenvalue weighted by atomic mass is 31.2. The topological polar surface area (TPSA) is 40.5 Å². The molecule has 4 aromatic rings. The second-order valence-electron chi connectivity index (χ2n) is 6.83. The van der Waals surface area contributed by atoms with E-state index >= 15 is 0 Å². The lowest BCUT2D eigenvalue weighted by atomic mass is 10.2. The molecule has 2 N–H and O–H groups in total. The van der Waals surface area contributed by atoms with Crippen molar-refractivity contribution in [2.24, 2.45) is 0 Å². The molecule has 28 heavy (non-hydrogen) atoms. The van der Waals surface area contributed by atoms with E-state index in [0.29, 0.717) is 0 Å². The molecule has 4 aromatic carbocycles. The predicted octanol–water partition coefficient (Wildman–Crippen LogP) is 4.59. The van der Waals surface area contributed by atoms with Gasteiger partial charge in [0.05, 0.1) is 6.16 Å². The first-order chi connectivity index (χ1) is 13.7. The smallest absolute Gasteiger partial charge is 0.119 e. The van der Waals surface area contributed by atoms with Crippen LogP contribution in [-0.4, -0.2) is 10.2 Å². The summed E-state index contributed by atoms with van der Waals surface area (Å²) in [7, 11) is -2.15. The van der Waals surface area contributed by atoms with Crippen molar-refractivity contribution >= 4 is 23.2 Å². The fourth-order valence-corrected chi connectivity index (χ4v) is 7.99. The van der Waals surface area contributed by atoms with Crippen molar-refractivity contribution in [2.45, 2.75) is 6.16 Å². The molecule has 0 saturated heterocycles. The molecular formula is C25H22O2P+. The SMILES string of the molecule is Oc1cccc([P+](Cc2ccccc2)(c2ccccc2)c2cccc(O)c2)c1. The van der Waals surface area contributed by atoms with Gasteiger partial charge in [-0.15, -0.1) is 0 Å². The number of hydrogen-bond acceptors (Lipinski definition) is 2. The predicted molar refractivity (Wildman–Crippen MR) is 119 cm³/mol. The third kappa shape index (κ3) is 3.52. The molecule has 0 aliphatic rings. The Kier molecular flexibility index (Phi) is 5.14. The molecule has 0 aliphatic heterocycles. The van der Waals surface area contributed by atoms with Gasteiger partial charge in [-0.2, -0.15) is 0 Å². The van der Waals surface area contributed by atoms with Gasteiger partial charge in [0, 0.05) is 12.1 Å². The summed E-state index contributed by atoms with van der Waals surface area (Å²) in [4.78, 5) is 0. The van der Waals surface area contributed by atoms with Gasteiger partial charge >= 0.3 is 0 Å². The molecule has 0 bridgehead atoms. The summed E-state index contributed by atoms with van der Waals surface area (Å²) < 4.78 is 0. The van der Waals surface area contributed by atoms with Gasteiger partial charge in [0.25, 0.3) is 0 Å². The Hall–Kier alpha value is -3.09. The summed E-state index contributed by atoms with van der Waals surface area (Å²) in [5.74, 6) is 0.511. The van der Waals surface area contributed by atoms with Crippen LogP contribution in [0.2, 0.25) is 0 Å². The van der Waals surface area contributed by atoms with Gasteiger partial charge in [0.1, 0.15) is 34.7 Å². The lowest BCUT2D eigenvalue weighted by Gasteiger charge is -2.28. The van der Waals surface area contributed by atoms with E-state index in [1.807, 2.05) is 36.4 Å². The average Bonchev–Trinajstić information content (AvgIpc) is 2.73. The summed E-state index contributed by atoms with van der Waals surface area (Å²) in [6.45, 7) is 0. The Morgan fingerprint density at radius 3 is 1.46 bits per heavy atom. The number of benzene rings is 4. The molecule has 0 amide bonds. The number of hydrogen-bond donors (Lipinski definition) is 2. The van der Waals surface area contributed by atoms with Gasteiger partial charge in [0.2, 0.25) is 0 Å². The summed E-state index contributed by atoms with van der Waals surface area (Å²) in [5, 5.41) is 23.9. The number of rotatable bonds is 5. The highest BCUT2D eigenvalue weighted by Gasteiger charge is 2.45. The summed E-state index contributed by atoms with van der Waals surface area (Å²) in [6.07, 6.45) is 0.810. The Balaban J connectivity index is 2.04. The molecule has 0 heterocycles. The fourth-order valence-electron chi connectivity index (χ4n) is 3.72. The van der Waals surface area contributed by atoms with Gasteiger partial charge in [-0.3, -0.25) is 0 Å². The molecule has 0 aromatic heterocycles. The quantitative estimate of drug-likeness (QED) is 0.493. The maximum atomic E-state index is 10.3. The van der Waals surface area contributed by atoms with Crippen LogP contribution in [0.25, 0.3) is 0 Å². The second kappa shape index (κ2) is 7.88. The minimum Gasteiger partial charge on any atom is -0.508 e. The Bertz CT molecular complexity index is 1020. The van der Waals surface area contributed by atoms with Crippen molar-refractivity contribution in [2.75, 3.05) is 0 Å². The first-order valence-corrected chi connectivity index (χ1v) is 11.2. The van der Waals surface area contributed by atoms with E-state index < -0.39 is 7.26 Å². The molecule has 2 nitrogen and oxygen atoms in total. The van der Waals surface area contributed by atoms with E-state index in [9.17, 15) is 10.2 Å². The molecule has 3 heteroatoms. The van der Waals surface area contributed by atoms with Crippen LogP contribution in [-0.2, 0) is 6.16 Å². The van der Waals surface area contributed by atoms with E-state index in [0.717, 1.165) is 16.8 Å². The Morgan fingerprint density at radius 1 is 0.500 bits per heavy atom. The first kappa shape index (κ1) is 18.3. The molecule has 0 spiro atoms. The van der Waals surface area contributed by atoms with Gasteiger partial charge in [-0.1, -0.05) is 60.7 Å². The minimum atomic E-state index is -2.15. The molecule has 0 unspecified atom stereocenters. The molecule has 0 radical (unpaired) electrons. The Labute approximate surface area is 166 Å². The zero-order chi connectivity index (χ0) is 19.4. The van der Waals surface area contributed by atoms with E-state index in [4.69, 9.17) is 0 Å². The maximum absolute atomic E-state index is 10.3. The fraction of sp³-hybridized carbons (Fsp3) is 0.0400. The van der Waals surface area contributed by atoms with Crippen LogP contribution < -0.4 is 15.9 Å². The summed E-state index contributed by atoms with van der Waals surface area (Å²) in [6, 6.07) is 36.0. The molecule has 0 atom stereocenters. The van der Waals surface area contributed by atoms with Crippen LogP contribution in [0, 0.1) is 0 Å². The zero-order valence-electron chi connectivity index (χ0n) is 15.4. The average molecular weight is 385 g/mol. The van der Waals surface area contributed by atoms with E-state index in [2.05, 4.69) is 60.7 Å². The van der Waals surface area contributed by atoms with Crippen LogP contribution >= 0.6 is 7.26 Å². The van der Waals surface area contributed by atoms with Crippen LogP contribution in [0.15, 0.2) is 109 Å². The number of phenols is 2. The molecule has 138 valence electrons. The van der Waals surface area contributed by atoms with Crippen molar-refractivity contribution in [1.82, 2.24) is 0 Å². The van der Waals surface area contributed by atoms with E-state index in [1.54, 1.807) is 12.1 Å². The van der Waals surface area contributed by atoms with Crippen molar-refractivity contribution in [3.8, 4) is 11.5 Å². The second-order valence-corrected chi connectivity index (χ2v) is 10.3. The van der Waals surface area contributed by atoms with Crippen LogP contribution in [0.4, 0.5) is 0 Å². The molecule has 4 rings (SSSR count). The normalized spacial score (nSPS) is 11.3. The molecular weight excluding hydrogens is 363 g/mol. The minimum absolute atomic E-state index is 0.256. The highest BCUT2D eigenvalue weighted by Crippen LogP contribution is 2.58. The standard InChI is InChI=1S/C25H21O2P/c26-21-11-7-15-24(17-21)28(23-13-5-2-6-14-23,19-20-9-3-1-4-10-20)25-16-8-12-22(27)18-25/h1-18H,19H2,(H-,26,27)/p+1. The van der Waals surface area contributed by atoms with Crippen LogP contribution in [0.1, 0.15) is 5.56 Å². The number of aromatic hydroxyl groups is 2. The lowest BCUT2D eigenvalue weighted by molar-refractivity contribution is 0.475. The van der Waals surface area contributed by atoms with Gasteiger partial charge < -0.3 is 10.2 Å². The summed E-state index contributed by atoms with van der Waals surface area (Å²) in [5.41, 5.74) is 1.23. The zero-order valence-corrected chi connectivity index (χ0v) is 16.3. The van der Waals surface area contributed by atoms with Crippen molar-refractivity contribution in [3.63, 3.8) is 0 Å². The Morgan fingerprint density at radius 2 is 0.964 bits per heavy atom. The maximum Gasteiger partial charge on any atom is 0.119 e. The van der Waals surface area contributed by atoms with Crippen LogP contribution in [0.3, 0.4) is 0 Å². The first-order valence-electron chi connectivity index (χ1n) is 9.25. The van der Waals surface area contributed by atoms with Crippen molar-refractivity contribution in [3.05, 3.63) is 115 Å². The molecule has 0 saturated carbocycles. The van der Waals surface area contributed by atoms with Crippen LogP contribution in [0.5, 0.6) is 11.5 Å². The molecule has 0 fully saturated rings. The van der Waals surface area contributed by atoms with Gasteiger partial charge in [-0.25, -0.2) is 0 Å². The third-order valence-electron chi connectivity index (χ3n) is 5.00. The van der Waals surface area contributed by atoms with E-state index in [1.165, 1.54) is 10.9 Å². The summed E-state index contributed by atoms with van der Waals surface area (Å²) >= 11 is 0. The van der Waals surface area contributed by atoms with Crippen molar-refractivity contribution in [1.29, 1.82) is 0 Å². The number of phenolic OH excluding ortho intramolecular Hbond substituents is 2. The monoisotopic (exact) mass is 385 g/mol. The lowest BCUT2D eigenvalue weighted by Crippen LogP contribution is -2.32. The van der Waals surface area contributed by atoms with Gasteiger partial charge in [-0.05, 0) is 42.0 Å². The van der Waals surface area contributed by atoms with Crippen molar-refractivity contribution < 1.29 is 10.2 Å². The largest absolute Gasteiger partial charge is 0.508 e. The molecule has 0 aliphatic carbocycles. The third-order valence-corrected chi connectivity index (χ3v) is 9.34. The van der Waals surface area contributed by atoms with E-state index in [-0.39, 0.29) is 11.5 Å². The highest BCUT2D eigenvalue weighted by molar-refractivity contribution is 7.95. The van der Waals surface area contributed by atoms with Gasteiger partial charge in [0.15, 0.2) is 0 Å².